The SMILES string of the molecule is CCOC(=O)[C@H]1CCCN(c2nc(CC)nc3c2c(C)nn3-c2ccccc2)C1. The van der Waals surface area contributed by atoms with Crippen molar-refractivity contribution in [3.05, 3.63) is 41.9 Å². The molecule has 3 heterocycles. The first-order valence-electron chi connectivity index (χ1n) is 10.4. The molecule has 7 nitrogen and oxygen atoms in total. The van der Waals surface area contributed by atoms with E-state index in [1.165, 1.54) is 0 Å². The van der Waals surface area contributed by atoms with Crippen molar-refractivity contribution in [2.45, 2.75) is 40.0 Å². The molecule has 1 aliphatic rings. The van der Waals surface area contributed by atoms with Crippen molar-refractivity contribution in [2.24, 2.45) is 5.92 Å². The number of ether oxygens (including phenoxy) is 1. The van der Waals surface area contributed by atoms with Crippen molar-refractivity contribution in [3.63, 3.8) is 0 Å². The fourth-order valence-electron chi connectivity index (χ4n) is 3.96. The van der Waals surface area contributed by atoms with Crippen LogP contribution >= 0.6 is 0 Å². The molecule has 0 amide bonds. The van der Waals surface area contributed by atoms with Crippen LogP contribution in [0.25, 0.3) is 16.7 Å². The molecule has 0 aliphatic carbocycles. The van der Waals surface area contributed by atoms with Gasteiger partial charge in [-0.05, 0) is 38.8 Å². The van der Waals surface area contributed by atoms with Crippen LogP contribution in [0.5, 0.6) is 0 Å². The Balaban J connectivity index is 1.80. The normalized spacial score (nSPS) is 16.9. The van der Waals surface area contributed by atoms with Crippen LogP contribution in [0.15, 0.2) is 30.3 Å². The molecule has 1 atom stereocenters. The fourth-order valence-corrected chi connectivity index (χ4v) is 3.96. The summed E-state index contributed by atoms with van der Waals surface area (Å²) < 4.78 is 7.16. The van der Waals surface area contributed by atoms with Crippen LogP contribution in [0.2, 0.25) is 0 Å². The van der Waals surface area contributed by atoms with Gasteiger partial charge in [-0.15, -0.1) is 0 Å². The third-order valence-electron chi connectivity index (χ3n) is 5.39. The minimum absolute atomic E-state index is 0.116. The van der Waals surface area contributed by atoms with E-state index in [0.29, 0.717) is 13.2 Å². The van der Waals surface area contributed by atoms with E-state index in [2.05, 4.69) is 11.8 Å². The highest BCUT2D eigenvalue weighted by Gasteiger charge is 2.30. The maximum atomic E-state index is 12.3. The van der Waals surface area contributed by atoms with Crippen LogP contribution < -0.4 is 4.90 Å². The molecule has 0 spiro atoms. The molecule has 0 N–H and O–H groups in total. The molecule has 1 aliphatic heterocycles. The van der Waals surface area contributed by atoms with Crippen LogP contribution in [-0.2, 0) is 16.0 Å². The van der Waals surface area contributed by atoms with Gasteiger partial charge in [0.2, 0.25) is 0 Å². The molecule has 1 fully saturated rings. The maximum Gasteiger partial charge on any atom is 0.310 e. The summed E-state index contributed by atoms with van der Waals surface area (Å²) in [5.74, 6) is 1.42. The molecule has 4 rings (SSSR count). The van der Waals surface area contributed by atoms with Gasteiger partial charge in [0, 0.05) is 19.5 Å². The molecule has 3 aromatic rings. The number of aryl methyl sites for hydroxylation is 2. The van der Waals surface area contributed by atoms with Crippen molar-refractivity contribution < 1.29 is 9.53 Å². The van der Waals surface area contributed by atoms with Gasteiger partial charge in [0.1, 0.15) is 11.6 Å². The number of rotatable bonds is 5. The van der Waals surface area contributed by atoms with Gasteiger partial charge in [-0.1, -0.05) is 25.1 Å². The largest absolute Gasteiger partial charge is 0.466 e. The van der Waals surface area contributed by atoms with E-state index < -0.39 is 0 Å². The summed E-state index contributed by atoms with van der Waals surface area (Å²) >= 11 is 0. The van der Waals surface area contributed by atoms with Crippen molar-refractivity contribution in [2.75, 3.05) is 24.6 Å². The minimum Gasteiger partial charge on any atom is -0.466 e. The van der Waals surface area contributed by atoms with E-state index in [9.17, 15) is 4.79 Å². The van der Waals surface area contributed by atoms with E-state index in [-0.39, 0.29) is 11.9 Å². The number of anilines is 1. The number of piperidine rings is 1. The van der Waals surface area contributed by atoms with Crippen LogP contribution in [0.4, 0.5) is 5.82 Å². The van der Waals surface area contributed by atoms with Gasteiger partial charge in [-0.2, -0.15) is 5.10 Å². The minimum atomic E-state index is -0.122. The molecule has 1 saturated heterocycles. The summed E-state index contributed by atoms with van der Waals surface area (Å²) in [6.07, 6.45) is 2.52. The molecule has 0 saturated carbocycles. The van der Waals surface area contributed by atoms with Crippen molar-refractivity contribution in [1.29, 1.82) is 0 Å². The highest BCUT2D eigenvalue weighted by molar-refractivity contribution is 5.91. The number of hydrogen-bond donors (Lipinski definition) is 0. The zero-order chi connectivity index (χ0) is 20.4. The van der Waals surface area contributed by atoms with Crippen LogP contribution in [0, 0.1) is 12.8 Å². The number of fused-ring (bicyclic) bond motifs is 1. The number of aromatic nitrogens is 4. The monoisotopic (exact) mass is 393 g/mol. The Bertz CT molecular complexity index is 1010. The third-order valence-corrected chi connectivity index (χ3v) is 5.39. The first-order chi connectivity index (χ1) is 14.1. The Labute approximate surface area is 170 Å². The maximum absolute atomic E-state index is 12.3. The van der Waals surface area contributed by atoms with E-state index in [1.54, 1.807) is 0 Å². The number of hydrogen-bond acceptors (Lipinski definition) is 6. The lowest BCUT2D eigenvalue weighted by atomic mass is 9.98. The van der Waals surface area contributed by atoms with Crippen LogP contribution in [0.3, 0.4) is 0 Å². The Morgan fingerprint density at radius 3 is 2.72 bits per heavy atom. The Kier molecular flexibility index (Phi) is 5.47. The summed E-state index contributed by atoms with van der Waals surface area (Å²) in [7, 11) is 0. The Morgan fingerprint density at radius 1 is 1.21 bits per heavy atom. The molecule has 152 valence electrons. The average Bonchev–Trinajstić information content (AvgIpc) is 3.10. The summed E-state index contributed by atoms with van der Waals surface area (Å²) in [5.41, 5.74) is 2.67. The number of para-hydroxylation sites is 1. The molecule has 0 radical (unpaired) electrons. The highest BCUT2D eigenvalue weighted by atomic mass is 16.5. The Hall–Kier alpha value is -2.96. The molecule has 2 aromatic heterocycles. The smallest absolute Gasteiger partial charge is 0.310 e. The lowest BCUT2D eigenvalue weighted by molar-refractivity contribution is -0.148. The second kappa shape index (κ2) is 8.19. The molecular formula is C22H27N5O2. The van der Waals surface area contributed by atoms with Crippen molar-refractivity contribution in [3.8, 4) is 5.69 Å². The quantitative estimate of drug-likeness (QED) is 0.618. The topological polar surface area (TPSA) is 73.1 Å². The van der Waals surface area contributed by atoms with Crippen molar-refractivity contribution in [1.82, 2.24) is 19.7 Å². The van der Waals surface area contributed by atoms with Gasteiger partial charge in [-0.3, -0.25) is 4.79 Å². The second-order valence-electron chi connectivity index (χ2n) is 7.39. The number of esters is 1. The van der Waals surface area contributed by atoms with Gasteiger partial charge >= 0.3 is 5.97 Å². The van der Waals surface area contributed by atoms with Gasteiger partial charge in [-0.25, -0.2) is 14.6 Å². The first-order valence-corrected chi connectivity index (χ1v) is 10.4. The predicted octanol–water partition coefficient (Wildman–Crippen LogP) is 3.47. The summed E-state index contributed by atoms with van der Waals surface area (Å²) in [6.45, 7) is 7.79. The van der Waals surface area contributed by atoms with E-state index >= 15 is 0 Å². The fraction of sp³-hybridized carbons (Fsp3) is 0.455. The predicted molar refractivity (Wildman–Crippen MR) is 112 cm³/mol. The van der Waals surface area contributed by atoms with Crippen molar-refractivity contribution >= 4 is 22.8 Å². The molecule has 7 heteroatoms. The summed E-state index contributed by atoms with van der Waals surface area (Å²) in [6, 6.07) is 10.0. The van der Waals surface area contributed by atoms with E-state index in [1.807, 2.05) is 48.9 Å². The molecule has 0 bridgehead atoms. The molecule has 1 aromatic carbocycles. The summed E-state index contributed by atoms with van der Waals surface area (Å²) in [5, 5.41) is 5.72. The van der Waals surface area contributed by atoms with E-state index in [4.69, 9.17) is 19.8 Å². The first kappa shape index (κ1) is 19.4. The molecule has 0 unspecified atom stereocenters. The Morgan fingerprint density at radius 2 is 2.00 bits per heavy atom. The number of benzene rings is 1. The zero-order valence-corrected chi connectivity index (χ0v) is 17.3. The van der Waals surface area contributed by atoms with Gasteiger partial charge in [0.25, 0.3) is 0 Å². The number of carbonyl (C=O) groups is 1. The molecular weight excluding hydrogens is 366 g/mol. The number of nitrogens with zero attached hydrogens (tertiary/aromatic N) is 5. The standard InChI is InChI=1S/C22H27N5O2/c1-4-18-23-20(26-13-9-10-16(14-26)22(28)29-5-2)19-15(3)25-27(21(19)24-18)17-11-7-6-8-12-17/h6-8,11-12,16H,4-5,9-10,13-14H2,1-3H3/t16-/m0/s1. The van der Waals surface area contributed by atoms with Gasteiger partial charge in [0.15, 0.2) is 5.65 Å². The average molecular weight is 393 g/mol. The van der Waals surface area contributed by atoms with Gasteiger partial charge in [0.05, 0.1) is 29.3 Å². The van der Waals surface area contributed by atoms with Crippen LogP contribution in [-0.4, -0.2) is 45.4 Å². The lowest BCUT2D eigenvalue weighted by Gasteiger charge is -2.32. The molecule has 29 heavy (non-hydrogen) atoms. The zero-order valence-electron chi connectivity index (χ0n) is 17.3. The van der Waals surface area contributed by atoms with Gasteiger partial charge < -0.3 is 9.64 Å². The number of carbonyl (C=O) groups excluding carboxylic acids is 1. The second-order valence-corrected chi connectivity index (χ2v) is 7.39. The highest BCUT2D eigenvalue weighted by Crippen LogP contribution is 2.32. The summed E-state index contributed by atoms with van der Waals surface area (Å²) in [4.78, 5) is 24.2. The third kappa shape index (κ3) is 3.69. The lowest BCUT2D eigenvalue weighted by Crippen LogP contribution is -2.40. The van der Waals surface area contributed by atoms with E-state index in [0.717, 1.165) is 59.9 Å². The van der Waals surface area contributed by atoms with Crippen LogP contribution in [0.1, 0.15) is 38.2 Å².